The molecule has 0 amide bonds. The van der Waals surface area contributed by atoms with Crippen LogP contribution < -0.4 is 5.73 Å². The molecule has 0 heterocycles. The van der Waals surface area contributed by atoms with Gasteiger partial charge in [0.1, 0.15) is 0 Å². The molecule has 0 radical (unpaired) electrons. The summed E-state index contributed by atoms with van der Waals surface area (Å²) in [6.45, 7) is 8.14. The monoisotopic (exact) mass is 260 g/mol. The van der Waals surface area contributed by atoms with E-state index in [0.29, 0.717) is 12.0 Å². The van der Waals surface area contributed by atoms with Gasteiger partial charge in [0.05, 0.1) is 0 Å². The number of anilines is 1. The molecule has 0 spiro atoms. The molecule has 1 aliphatic carbocycles. The normalized spacial score (nSPS) is 18.4. The van der Waals surface area contributed by atoms with Gasteiger partial charge in [-0.15, -0.1) is 0 Å². The SMILES string of the molecule is CC(C)CN(C1CCCC1)C(C)c1cccc(N)c1. The Balaban J connectivity index is 2.16. The summed E-state index contributed by atoms with van der Waals surface area (Å²) in [7, 11) is 0. The molecular formula is C17H28N2. The van der Waals surface area contributed by atoms with E-state index in [4.69, 9.17) is 5.73 Å². The van der Waals surface area contributed by atoms with Crippen molar-refractivity contribution >= 4 is 5.69 Å². The van der Waals surface area contributed by atoms with Gasteiger partial charge >= 0.3 is 0 Å². The van der Waals surface area contributed by atoms with Gasteiger partial charge in [-0.1, -0.05) is 38.8 Å². The van der Waals surface area contributed by atoms with Crippen LogP contribution in [0.15, 0.2) is 24.3 Å². The summed E-state index contributed by atoms with van der Waals surface area (Å²) in [5, 5.41) is 0. The van der Waals surface area contributed by atoms with Crippen molar-refractivity contribution in [3.05, 3.63) is 29.8 Å². The van der Waals surface area contributed by atoms with Gasteiger partial charge < -0.3 is 5.73 Å². The van der Waals surface area contributed by atoms with Gasteiger partial charge in [-0.05, 0) is 43.4 Å². The third kappa shape index (κ3) is 3.73. The lowest BCUT2D eigenvalue weighted by atomic mass is 10.0. The highest BCUT2D eigenvalue weighted by atomic mass is 15.2. The lowest BCUT2D eigenvalue weighted by molar-refractivity contribution is 0.127. The molecular weight excluding hydrogens is 232 g/mol. The summed E-state index contributed by atoms with van der Waals surface area (Å²) in [5.74, 6) is 0.712. The Morgan fingerprint density at radius 2 is 1.89 bits per heavy atom. The van der Waals surface area contributed by atoms with E-state index in [1.807, 2.05) is 6.07 Å². The molecule has 1 aliphatic rings. The summed E-state index contributed by atoms with van der Waals surface area (Å²) in [5.41, 5.74) is 8.16. The highest BCUT2D eigenvalue weighted by molar-refractivity contribution is 5.41. The molecule has 2 heteroatoms. The molecule has 1 aromatic carbocycles. The van der Waals surface area contributed by atoms with E-state index in [2.05, 4.69) is 43.9 Å². The summed E-state index contributed by atoms with van der Waals surface area (Å²) in [6.07, 6.45) is 5.50. The number of nitrogen functional groups attached to an aromatic ring is 1. The topological polar surface area (TPSA) is 29.3 Å². The third-order valence-corrected chi connectivity index (χ3v) is 4.26. The number of hydrogen-bond donors (Lipinski definition) is 1. The summed E-state index contributed by atoms with van der Waals surface area (Å²) >= 11 is 0. The van der Waals surface area contributed by atoms with Crippen molar-refractivity contribution in [2.45, 2.75) is 58.5 Å². The second-order valence-electron chi connectivity index (χ2n) is 6.38. The van der Waals surface area contributed by atoms with E-state index in [1.165, 1.54) is 37.8 Å². The molecule has 1 aromatic rings. The van der Waals surface area contributed by atoms with Crippen LogP contribution in [0.3, 0.4) is 0 Å². The quantitative estimate of drug-likeness (QED) is 0.803. The van der Waals surface area contributed by atoms with Crippen molar-refractivity contribution in [3.63, 3.8) is 0 Å². The average Bonchev–Trinajstić information content (AvgIpc) is 2.88. The molecule has 0 aliphatic heterocycles. The third-order valence-electron chi connectivity index (χ3n) is 4.26. The zero-order valence-electron chi connectivity index (χ0n) is 12.6. The van der Waals surface area contributed by atoms with Crippen LogP contribution in [0.5, 0.6) is 0 Å². The lowest BCUT2D eigenvalue weighted by Crippen LogP contribution is -2.38. The fourth-order valence-electron chi connectivity index (χ4n) is 3.29. The number of nitrogens with zero attached hydrogens (tertiary/aromatic N) is 1. The van der Waals surface area contributed by atoms with Gasteiger partial charge in [-0.2, -0.15) is 0 Å². The highest BCUT2D eigenvalue weighted by Gasteiger charge is 2.27. The number of rotatable bonds is 5. The fourth-order valence-corrected chi connectivity index (χ4v) is 3.29. The average molecular weight is 260 g/mol. The Kier molecular flexibility index (Phi) is 4.87. The Hall–Kier alpha value is -1.02. The van der Waals surface area contributed by atoms with Crippen molar-refractivity contribution in [2.24, 2.45) is 5.92 Å². The molecule has 1 unspecified atom stereocenters. The van der Waals surface area contributed by atoms with E-state index < -0.39 is 0 Å². The fraction of sp³-hybridized carbons (Fsp3) is 0.647. The van der Waals surface area contributed by atoms with Gasteiger partial charge in [0, 0.05) is 24.3 Å². The van der Waals surface area contributed by atoms with Crippen LogP contribution in [0, 0.1) is 5.92 Å². The summed E-state index contributed by atoms with van der Waals surface area (Å²) in [6, 6.07) is 9.62. The maximum Gasteiger partial charge on any atom is 0.0323 e. The largest absolute Gasteiger partial charge is 0.399 e. The van der Waals surface area contributed by atoms with Gasteiger partial charge in [0.25, 0.3) is 0 Å². The van der Waals surface area contributed by atoms with Gasteiger partial charge in [-0.3, -0.25) is 4.90 Å². The first-order chi connectivity index (χ1) is 9.08. The second-order valence-corrected chi connectivity index (χ2v) is 6.38. The Bertz CT molecular complexity index is 394. The Labute approximate surface area is 118 Å². The number of nitrogens with two attached hydrogens (primary N) is 1. The van der Waals surface area contributed by atoms with E-state index in [9.17, 15) is 0 Å². The molecule has 2 nitrogen and oxygen atoms in total. The van der Waals surface area contributed by atoms with E-state index >= 15 is 0 Å². The Morgan fingerprint density at radius 1 is 1.21 bits per heavy atom. The van der Waals surface area contributed by atoms with Gasteiger partial charge in [0.2, 0.25) is 0 Å². The molecule has 1 atom stereocenters. The van der Waals surface area contributed by atoms with Crippen molar-refractivity contribution in [3.8, 4) is 0 Å². The second kappa shape index (κ2) is 6.42. The van der Waals surface area contributed by atoms with E-state index in [-0.39, 0.29) is 0 Å². The van der Waals surface area contributed by atoms with E-state index in [1.54, 1.807) is 0 Å². The molecule has 2 rings (SSSR count). The highest BCUT2D eigenvalue weighted by Crippen LogP contribution is 2.32. The molecule has 1 saturated carbocycles. The zero-order valence-corrected chi connectivity index (χ0v) is 12.6. The smallest absolute Gasteiger partial charge is 0.0323 e. The maximum absolute atomic E-state index is 5.93. The van der Waals surface area contributed by atoms with Gasteiger partial charge in [-0.25, -0.2) is 0 Å². The predicted molar refractivity (Wildman–Crippen MR) is 83.1 cm³/mol. The minimum Gasteiger partial charge on any atom is -0.399 e. The molecule has 1 fully saturated rings. The van der Waals surface area contributed by atoms with E-state index in [0.717, 1.165) is 11.7 Å². The first-order valence-electron chi connectivity index (χ1n) is 7.69. The minimum absolute atomic E-state index is 0.467. The first-order valence-corrected chi connectivity index (χ1v) is 7.69. The van der Waals surface area contributed by atoms with Crippen LogP contribution in [-0.4, -0.2) is 17.5 Å². The van der Waals surface area contributed by atoms with Crippen molar-refractivity contribution < 1.29 is 0 Å². The zero-order chi connectivity index (χ0) is 13.8. The summed E-state index contributed by atoms with van der Waals surface area (Å²) < 4.78 is 0. The van der Waals surface area contributed by atoms with Crippen LogP contribution in [0.1, 0.15) is 58.1 Å². The molecule has 106 valence electrons. The molecule has 0 aromatic heterocycles. The predicted octanol–water partition coefficient (Wildman–Crippen LogP) is 4.23. The van der Waals surface area contributed by atoms with Crippen LogP contribution in [0.25, 0.3) is 0 Å². The summed E-state index contributed by atoms with van der Waals surface area (Å²) in [4.78, 5) is 2.70. The molecule has 0 saturated heterocycles. The van der Waals surface area contributed by atoms with Crippen LogP contribution in [0.4, 0.5) is 5.69 Å². The number of hydrogen-bond acceptors (Lipinski definition) is 2. The standard InChI is InChI=1S/C17H28N2/c1-13(2)12-19(17-9-4-5-10-17)14(3)15-7-6-8-16(18)11-15/h6-8,11,13-14,17H,4-5,9-10,12,18H2,1-3H3. The van der Waals surface area contributed by atoms with Crippen molar-refractivity contribution in [2.75, 3.05) is 12.3 Å². The number of benzene rings is 1. The van der Waals surface area contributed by atoms with Crippen LogP contribution >= 0.6 is 0 Å². The maximum atomic E-state index is 5.93. The van der Waals surface area contributed by atoms with Crippen LogP contribution in [0.2, 0.25) is 0 Å². The molecule has 0 bridgehead atoms. The molecule has 19 heavy (non-hydrogen) atoms. The van der Waals surface area contributed by atoms with Crippen molar-refractivity contribution in [1.29, 1.82) is 0 Å². The minimum atomic E-state index is 0.467. The van der Waals surface area contributed by atoms with Gasteiger partial charge in [0.15, 0.2) is 0 Å². The lowest BCUT2D eigenvalue weighted by Gasteiger charge is -2.36. The molecule has 2 N–H and O–H groups in total. The van der Waals surface area contributed by atoms with Crippen LogP contribution in [-0.2, 0) is 0 Å². The Morgan fingerprint density at radius 3 is 2.47 bits per heavy atom. The van der Waals surface area contributed by atoms with Crippen molar-refractivity contribution in [1.82, 2.24) is 4.90 Å². The first kappa shape index (κ1) is 14.4.